The monoisotopic (exact) mass is 391 g/mol. The van der Waals surface area contributed by atoms with Gasteiger partial charge in [0, 0.05) is 10.5 Å². The molecule has 128 valence electrons. The maximum absolute atomic E-state index is 12.1. The van der Waals surface area contributed by atoms with Crippen LogP contribution in [0.5, 0.6) is 11.5 Å². The predicted molar refractivity (Wildman–Crippen MR) is 98.7 cm³/mol. The molecule has 1 unspecified atom stereocenters. The van der Waals surface area contributed by atoms with Crippen molar-refractivity contribution in [3.05, 3.63) is 58.1 Å². The second kappa shape index (κ2) is 8.73. The van der Waals surface area contributed by atoms with Crippen LogP contribution in [0, 0.1) is 6.92 Å². The number of hydrogen-bond acceptors (Lipinski definition) is 3. The van der Waals surface area contributed by atoms with E-state index in [2.05, 4.69) is 21.2 Å². The lowest BCUT2D eigenvalue weighted by atomic mass is 10.1. The minimum Gasteiger partial charge on any atom is -0.493 e. The van der Waals surface area contributed by atoms with Crippen LogP contribution in [0.4, 0.5) is 0 Å². The predicted octanol–water partition coefficient (Wildman–Crippen LogP) is 3.89. The largest absolute Gasteiger partial charge is 0.493 e. The highest BCUT2D eigenvalue weighted by molar-refractivity contribution is 9.10. The van der Waals surface area contributed by atoms with Gasteiger partial charge in [-0.2, -0.15) is 0 Å². The first kappa shape index (κ1) is 18.3. The van der Waals surface area contributed by atoms with E-state index in [9.17, 15) is 4.79 Å². The molecule has 2 aromatic carbocycles. The minimum absolute atomic E-state index is 0.0298. The summed E-state index contributed by atoms with van der Waals surface area (Å²) in [6.45, 7) is 3.92. The lowest BCUT2D eigenvalue weighted by Gasteiger charge is -2.15. The van der Waals surface area contributed by atoms with Crippen LogP contribution in [0.1, 0.15) is 18.1 Å². The molecule has 0 saturated carbocycles. The molecular weight excluding hydrogens is 370 g/mol. The van der Waals surface area contributed by atoms with Crippen LogP contribution in [0.15, 0.2) is 46.9 Å². The molecule has 0 aliphatic heterocycles. The van der Waals surface area contributed by atoms with E-state index in [4.69, 9.17) is 9.47 Å². The van der Waals surface area contributed by atoms with E-state index in [1.807, 2.05) is 56.3 Å². The summed E-state index contributed by atoms with van der Waals surface area (Å²) in [6, 6.07) is 13.7. The Morgan fingerprint density at radius 3 is 2.54 bits per heavy atom. The van der Waals surface area contributed by atoms with Gasteiger partial charge in [-0.05, 0) is 55.7 Å². The summed E-state index contributed by atoms with van der Waals surface area (Å²) < 4.78 is 11.9. The van der Waals surface area contributed by atoms with Gasteiger partial charge in [0.2, 0.25) is 0 Å². The van der Waals surface area contributed by atoms with Gasteiger partial charge in [0.05, 0.1) is 7.11 Å². The average molecular weight is 392 g/mol. The molecule has 24 heavy (non-hydrogen) atoms. The topological polar surface area (TPSA) is 47.6 Å². The lowest BCUT2D eigenvalue weighted by molar-refractivity contribution is -0.123. The van der Waals surface area contributed by atoms with Gasteiger partial charge in [0.25, 0.3) is 5.91 Å². The third-order valence-electron chi connectivity index (χ3n) is 3.54. The summed E-state index contributed by atoms with van der Waals surface area (Å²) in [7, 11) is 1.59. The smallest absolute Gasteiger partial charge is 0.258 e. The number of ether oxygens (including phenoxy) is 2. The summed E-state index contributed by atoms with van der Waals surface area (Å²) in [5, 5.41) is 2.95. The zero-order chi connectivity index (χ0) is 17.5. The van der Waals surface area contributed by atoms with Crippen molar-refractivity contribution in [2.45, 2.75) is 26.3 Å². The molecule has 1 N–H and O–H groups in total. The molecule has 1 amide bonds. The van der Waals surface area contributed by atoms with Gasteiger partial charge in [-0.3, -0.25) is 4.79 Å². The maximum Gasteiger partial charge on any atom is 0.258 e. The number of methoxy groups -OCH3 is 1. The summed E-state index contributed by atoms with van der Waals surface area (Å²) >= 11 is 3.41. The van der Waals surface area contributed by atoms with Crippen LogP contribution in [-0.4, -0.2) is 25.7 Å². The Labute approximate surface area is 151 Å². The fourth-order valence-electron chi connectivity index (χ4n) is 2.38. The van der Waals surface area contributed by atoms with Gasteiger partial charge < -0.3 is 14.8 Å². The number of aryl methyl sites for hydroxylation is 1. The zero-order valence-corrected chi connectivity index (χ0v) is 15.7. The molecule has 0 aliphatic rings. The summed E-state index contributed by atoms with van der Waals surface area (Å²) in [5.74, 6) is 1.05. The molecule has 2 aromatic rings. The molecule has 2 rings (SSSR count). The first-order valence-corrected chi connectivity index (χ1v) is 8.58. The Morgan fingerprint density at radius 2 is 1.88 bits per heavy atom. The molecular formula is C19H22BrNO3. The summed E-state index contributed by atoms with van der Waals surface area (Å²) in [6.07, 6.45) is 0.771. The SMILES string of the molecule is COc1cc(C)ccc1OCC(=O)NC(C)Cc1ccc(Br)cc1. The van der Waals surface area contributed by atoms with E-state index in [-0.39, 0.29) is 18.6 Å². The van der Waals surface area contributed by atoms with E-state index < -0.39 is 0 Å². The quantitative estimate of drug-likeness (QED) is 0.778. The van der Waals surface area contributed by atoms with Crippen LogP contribution in [0.3, 0.4) is 0 Å². The van der Waals surface area contributed by atoms with Crippen molar-refractivity contribution < 1.29 is 14.3 Å². The zero-order valence-electron chi connectivity index (χ0n) is 14.1. The van der Waals surface area contributed by atoms with Crippen molar-refractivity contribution in [2.24, 2.45) is 0 Å². The normalized spacial score (nSPS) is 11.7. The number of hydrogen-bond donors (Lipinski definition) is 1. The van der Waals surface area contributed by atoms with Gasteiger partial charge in [-0.15, -0.1) is 0 Å². The molecule has 4 nitrogen and oxygen atoms in total. The van der Waals surface area contributed by atoms with Crippen molar-refractivity contribution in [3.63, 3.8) is 0 Å². The fourth-order valence-corrected chi connectivity index (χ4v) is 2.64. The summed E-state index contributed by atoms with van der Waals surface area (Å²) in [5.41, 5.74) is 2.25. The second-order valence-electron chi connectivity index (χ2n) is 5.74. The Balaban J connectivity index is 1.83. The molecule has 0 bridgehead atoms. The highest BCUT2D eigenvalue weighted by Gasteiger charge is 2.11. The van der Waals surface area contributed by atoms with Gasteiger partial charge in [0.15, 0.2) is 18.1 Å². The van der Waals surface area contributed by atoms with Gasteiger partial charge in [-0.25, -0.2) is 0 Å². The van der Waals surface area contributed by atoms with Crippen LogP contribution in [-0.2, 0) is 11.2 Å². The number of rotatable bonds is 7. The lowest BCUT2D eigenvalue weighted by Crippen LogP contribution is -2.37. The number of amides is 1. The molecule has 0 aliphatic carbocycles. The Kier molecular flexibility index (Phi) is 6.67. The molecule has 0 spiro atoms. The molecule has 0 radical (unpaired) electrons. The number of carbonyl (C=O) groups is 1. The van der Waals surface area contributed by atoms with Crippen molar-refractivity contribution in [2.75, 3.05) is 13.7 Å². The van der Waals surface area contributed by atoms with Crippen molar-refractivity contribution >= 4 is 21.8 Å². The Hall–Kier alpha value is -2.01. The molecule has 1 atom stereocenters. The van der Waals surface area contributed by atoms with Gasteiger partial charge >= 0.3 is 0 Å². The third-order valence-corrected chi connectivity index (χ3v) is 4.07. The van der Waals surface area contributed by atoms with E-state index in [1.165, 1.54) is 5.56 Å². The highest BCUT2D eigenvalue weighted by atomic mass is 79.9. The first-order valence-electron chi connectivity index (χ1n) is 7.79. The number of halogens is 1. The molecule has 0 saturated heterocycles. The van der Waals surface area contributed by atoms with Crippen LogP contribution in [0.25, 0.3) is 0 Å². The average Bonchev–Trinajstić information content (AvgIpc) is 2.55. The van der Waals surface area contributed by atoms with E-state index in [0.717, 1.165) is 16.5 Å². The molecule has 0 heterocycles. The number of nitrogens with one attached hydrogen (secondary N) is 1. The van der Waals surface area contributed by atoms with Crippen LogP contribution < -0.4 is 14.8 Å². The number of benzene rings is 2. The molecule has 0 aromatic heterocycles. The Morgan fingerprint density at radius 1 is 1.17 bits per heavy atom. The first-order chi connectivity index (χ1) is 11.5. The van der Waals surface area contributed by atoms with E-state index in [1.54, 1.807) is 7.11 Å². The van der Waals surface area contributed by atoms with Crippen LogP contribution in [0.2, 0.25) is 0 Å². The highest BCUT2D eigenvalue weighted by Crippen LogP contribution is 2.27. The standard InChI is InChI=1S/C19H22BrNO3/c1-13-4-9-17(18(10-13)23-3)24-12-19(22)21-14(2)11-15-5-7-16(20)8-6-15/h4-10,14H,11-12H2,1-3H3,(H,21,22). The maximum atomic E-state index is 12.1. The van der Waals surface area contributed by atoms with Crippen molar-refractivity contribution in [1.82, 2.24) is 5.32 Å². The van der Waals surface area contributed by atoms with Gasteiger partial charge in [0.1, 0.15) is 0 Å². The second-order valence-corrected chi connectivity index (χ2v) is 6.66. The molecule has 5 heteroatoms. The molecule has 0 fully saturated rings. The Bertz CT molecular complexity index is 686. The third kappa shape index (κ3) is 5.57. The fraction of sp³-hybridized carbons (Fsp3) is 0.316. The van der Waals surface area contributed by atoms with E-state index in [0.29, 0.717) is 11.5 Å². The minimum atomic E-state index is -0.151. The van der Waals surface area contributed by atoms with Gasteiger partial charge in [-0.1, -0.05) is 34.1 Å². The number of carbonyl (C=O) groups excluding carboxylic acids is 1. The van der Waals surface area contributed by atoms with Crippen molar-refractivity contribution in [3.8, 4) is 11.5 Å². The van der Waals surface area contributed by atoms with Crippen molar-refractivity contribution in [1.29, 1.82) is 0 Å². The summed E-state index contributed by atoms with van der Waals surface area (Å²) in [4.78, 5) is 12.1. The van der Waals surface area contributed by atoms with Crippen LogP contribution >= 0.6 is 15.9 Å². The van der Waals surface area contributed by atoms with E-state index >= 15 is 0 Å².